The van der Waals surface area contributed by atoms with Gasteiger partial charge in [-0.3, -0.25) is 14.4 Å². The van der Waals surface area contributed by atoms with Crippen molar-refractivity contribution in [1.82, 2.24) is 5.32 Å². The number of hydrogen-bond donors (Lipinski definition) is 2. The van der Waals surface area contributed by atoms with Gasteiger partial charge in [0.15, 0.2) is 0 Å². The Morgan fingerprint density at radius 1 is 1.23 bits per heavy atom. The van der Waals surface area contributed by atoms with Crippen LogP contribution in [0.3, 0.4) is 0 Å². The van der Waals surface area contributed by atoms with Crippen LogP contribution < -0.4 is 15.1 Å². The van der Waals surface area contributed by atoms with Gasteiger partial charge in [0.1, 0.15) is 5.78 Å². The van der Waals surface area contributed by atoms with Crippen LogP contribution in [0.4, 0.5) is 16.2 Å². The summed E-state index contributed by atoms with van der Waals surface area (Å²) >= 11 is 0. The topological polar surface area (TPSA) is 107 Å². The quantitative estimate of drug-likeness (QED) is 0.854. The summed E-state index contributed by atoms with van der Waals surface area (Å²) in [4.78, 5) is 49.6. The van der Waals surface area contributed by atoms with E-state index in [1.54, 1.807) is 23.1 Å². The Hall–Kier alpha value is -2.90. The molecule has 0 aromatic heterocycles. The summed E-state index contributed by atoms with van der Waals surface area (Å²) in [7, 11) is 0. The lowest BCUT2D eigenvalue weighted by Gasteiger charge is -2.39. The molecule has 140 valence electrons. The number of rotatable bonds is 4. The summed E-state index contributed by atoms with van der Waals surface area (Å²) in [6.45, 7) is 5.99. The van der Waals surface area contributed by atoms with Crippen LogP contribution in [-0.4, -0.2) is 41.4 Å². The predicted molar refractivity (Wildman–Crippen MR) is 96.3 cm³/mol. The van der Waals surface area contributed by atoms with Gasteiger partial charge in [-0.15, -0.1) is 0 Å². The van der Waals surface area contributed by atoms with E-state index in [0.29, 0.717) is 23.4 Å². The Labute approximate surface area is 151 Å². The van der Waals surface area contributed by atoms with E-state index in [1.165, 1.54) is 25.7 Å². The second-order valence-electron chi connectivity index (χ2n) is 6.53. The van der Waals surface area contributed by atoms with Gasteiger partial charge in [-0.1, -0.05) is 0 Å². The molecule has 0 bridgehead atoms. The second-order valence-corrected chi connectivity index (χ2v) is 6.53. The van der Waals surface area contributed by atoms with Crippen molar-refractivity contribution in [3.8, 4) is 0 Å². The monoisotopic (exact) mass is 361 g/mol. The lowest BCUT2D eigenvalue weighted by atomic mass is 9.91. The lowest BCUT2D eigenvalue weighted by Crippen LogP contribution is -2.45. The molecule has 3 amide bonds. The average molecular weight is 361 g/mol. The highest BCUT2D eigenvalue weighted by atomic mass is 16.4. The molecule has 0 unspecified atom stereocenters. The van der Waals surface area contributed by atoms with Gasteiger partial charge in [-0.2, -0.15) is 0 Å². The standard InChI is InChI=1S/C18H23N3O5/c1-10-7-16(19-18(25)26)15-8-14(20(12(3)23)9-11(2)22)5-6-17(15)21(10)13(4)24/h5-6,8,10,16,19H,7,9H2,1-4H3,(H,25,26)/t10-,16+/m0/s1. The summed E-state index contributed by atoms with van der Waals surface area (Å²) in [5.41, 5.74) is 1.69. The number of carbonyl (C=O) groups excluding carboxylic acids is 3. The molecular weight excluding hydrogens is 338 g/mol. The molecule has 8 heteroatoms. The molecule has 0 fully saturated rings. The maximum Gasteiger partial charge on any atom is 0.405 e. The van der Waals surface area contributed by atoms with Crippen LogP contribution in [0.2, 0.25) is 0 Å². The summed E-state index contributed by atoms with van der Waals surface area (Å²) < 4.78 is 0. The van der Waals surface area contributed by atoms with E-state index in [0.717, 1.165) is 0 Å². The fourth-order valence-electron chi connectivity index (χ4n) is 3.39. The van der Waals surface area contributed by atoms with Crippen LogP contribution in [0.15, 0.2) is 18.2 Å². The van der Waals surface area contributed by atoms with E-state index in [2.05, 4.69) is 5.32 Å². The first-order valence-corrected chi connectivity index (χ1v) is 8.32. The van der Waals surface area contributed by atoms with Crippen molar-refractivity contribution in [3.63, 3.8) is 0 Å². The van der Waals surface area contributed by atoms with Crippen LogP contribution in [0.5, 0.6) is 0 Å². The molecule has 1 aliphatic rings. The first-order valence-electron chi connectivity index (χ1n) is 8.32. The van der Waals surface area contributed by atoms with Crippen LogP contribution in [0, 0.1) is 0 Å². The first kappa shape index (κ1) is 19.4. The SMILES string of the molecule is CC(=O)CN(C(C)=O)c1ccc2c(c1)[C@H](NC(=O)O)C[C@H](C)N2C(C)=O. The van der Waals surface area contributed by atoms with E-state index in [9.17, 15) is 19.2 Å². The molecule has 0 spiro atoms. The minimum atomic E-state index is -1.16. The average Bonchev–Trinajstić information content (AvgIpc) is 2.51. The Morgan fingerprint density at radius 2 is 1.88 bits per heavy atom. The Balaban J connectivity index is 2.55. The number of fused-ring (bicyclic) bond motifs is 1. The third kappa shape index (κ3) is 4.01. The number of carboxylic acid groups (broad SMARTS) is 1. The van der Waals surface area contributed by atoms with E-state index in [4.69, 9.17) is 5.11 Å². The summed E-state index contributed by atoms with van der Waals surface area (Å²) in [6.07, 6.45) is -0.753. The zero-order valence-electron chi connectivity index (χ0n) is 15.3. The number of carbonyl (C=O) groups is 4. The maximum atomic E-state index is 12.1. The van der Waals surface area contributed by atoms with Crippen molar-refractivity contribution in [2.45, 2.75) is 46.2 Å². The fraction of sp³-hybridized carbons (Fsp3) is 0.444. The van der Waals surface area contributed by atoms with Gasteiger partial charge < -0.3 is 20.2 Å². The number of ketones is 1. The third-order valence-corrected chi connectivity index (χ3v) is 4.37. The highest BCUT2D eigenvalue weighted by Gasteiger charge is 2.34. The molecule has 2 rings (SSSR count). The molecule has 1 aromatic rings. The molecule has 0 saturated heterocycles. The lowest BCUT2D eigenvalue weighted by molar-refractivity contribution is -0.120. The normalized spacial score (nSPS) is 18.7. The molecule has 0 aliphatic carbocycles. The number of benzene rings is 1. The van der Waals surface area contributed by atoms with Gasteiger partial charge in [-0.05, 0) is 38.5 Å². The van der Waals surface area contributed by atoms with Crippen LogP contribution in [0.1, 0.15) is 45.7 Å². The van der Waals surface area contributed by atoms with Crippen molar-refractivity contribution < 1.29 is 24.3 Å². The number of Topliss-reactive ketones (excluding diaryl/α,β-unsaturated/α-hetero) is 1. The number of nitrogens with zero attached hydrogens (tertiary/aromatic N) is 2. The van der Waals surface area contributed by atoms with Gasteiger partial charge in [0, 0.05) is 36.8 Å². The number of amides is 3. The number of nitrogens with one attached hydrogen (secondary N) is 1. The van der Waals surface area contributed by atoms with Gasteiger partial charge in [0.2, 0.25) is 11.8 Å². The van der Waals surface area contributed by atoms with Gasteiger partial charge in [0.25, 0.3) is 0 Å². The fourth-order valence-corrected chi connectivity index (χ4v) is 3.39. The van der Waals surface area contributed by atoms with Crippen LogP contribution in [-0.2, 0) is 14.4 Å². The molecule has 2 atom stereocenters. The van der Waals surface area contributed by atoms with Crippen molar-refractivity contribution in [2.24, 2.45) is 0 Å². The predicted octanol–water partition coefficient (Wildman–Crippen LogP) is 2.08. The minimum Gasteiger partial charge on any atom is -0.465 e. The molecule has 1 aliphatic heterocycles. The Morgan fingerprint density at radius 3 is 2.38 bits per heavy atom. The van der Waals surface area contributed by atoms with E-state index in [1.807, 2.05) is 6.92 Å². The van der Waals surface area contributed by atoms with E-state index in [-0.39, 0.29) is 30.2 Å². The molecule has 2 N–H and O–H groups in total. The molecule has 0 saturated carbocycles. The van der Waals surface area contributed by atoms with Crippen molar-refractivity contribution in [2.75, 3.05) is 16.3 Å². The van der Waals surface area contributed by atoms with Gasteiger partial charge in [0.05, 0.1) is 12.6 Å². The highest BCUT2D eigenvalue weighted by molar-refractivity contribution is 5.99. The van der Waals surface area contributed by atoms with Crippen molar-refractivity contribution in [1.29, 1.82) is 0 Å². The van der Waals surface area contributed by atoms with E-state index < -0.39 is 12.1 Å². The molecule has 1 aromatic carbocycles. The molecule has 1 heterocycles. The maximum absolute atomic E-state index is 12.1. The summed E-state index contributed by atoms with van der Waals surface area (Å²) in [5, 5.41) is 11.6. The summed E-state index contributed by atoms with van der Waals surface area (Å²) in [5.74, 6) is -0.611. The zero-order valence-corrected chi connectivity index (χ0v) is 15.3. The molecular formula is C18H23N3O5. The number of hydrogen-bond acceptors (Lipinski definition) is 4. The third-order valence-electron chi connectivity index (χ3n) is 4.37. The Kier molecular flexibility index (Phi) is 5.64. The van der Waals surface area contributed by atoms with Gasteiger partial charge >= 0.3 is 6.09 Å². The molecule has 0 radical (unpaired) electrons. The highest BCUT2D eigenvalue weighted by Crippen LogP contribution is 2.39. The largest absolute Gasteiger partial charge is 0.465 e. The van der Waals surface area contributed by atoms with Crippen molar-refractivity contribution in [3.05, 3.63) is 23.8 Å². The molecule has 26 heavy (non-hydrogen) atoms. The summed E-state index contributed by atoms with van der Waals surface area (Å²) in [6, 6.07) is 4.33. The smallest absolute Gasteiger partial charge is 0.405 e. The Bertz CT molecular complexity index is 761. The second kappa shape index (κ2) is 7.55. The van der Waals surface area contributed by atoms with Crippen LogP contribution in [0.25, 0.3) is 0 Å². The minimum absolute atomic E-state index is 0.0715. The van der Waals surface area contributed by atoms with E-state index >= 15 is 0 Å². The van der Waals surface area contributed by atoms with Crippen LogP contribution >= 0.6 is 0 Å². The number of anilines is 2. The van der Waals surface area contributed by atoms with Gasteiger partial charge in [-0.25, -0.2) is 4.79 Å². The zero-order chi connectivity index (χ0) is 19.6. The van der Waals surface area contributed by atoms with Crippen molar-refractivity contribution >= 4 is 35.1 Å². The molecule has 8 nitrogen and oxygen atoms in total. The first-order chi connectivity index (χ1) is 12.1.